The van der Waals surface area contributed by atoms with Crippen molar-refractivity contribution in [3.8, 4) is 0 Å². The Kier molecular flexibility index (Phi) is 3.08. The average molecular weight is 299 g/mol. The molecule has 2 saturated carbocycles. The molecule has 2 fully saturated rings. The second-order valence-corrected chi connectivity index (χ2v) is 7.91. The molecule has 22 heavy (non-hydrogen) atoms. The third kappa shape index (κ3) is 1.68. The first kappa shape index (κ1) is 15.3. The molecule has 1 aromatic rings. The molecule has 0 aliphatic heterocycles. The maximum atomic E-state index is 13.1. The number of ketones is 1. The van der Waals surface area contributed by atoms with E-state index in [4.69, 9.17) is 0 Å². The van der Waals surface area contributed by atoms with Crippen molar-refractivity contribution in [2.75, 3.05) is 5.32 Å². The number of carbonyl (C=O) groups excluding carboxylic acids is 2. The van der Waals surface area contributed by atoms with Crippen molar-refractivity contribution in [2.45, 2.75) is 53.9 Å². The van der Waals surface area contributed by atoms with Crippen molar-refractivity contribution < 1.29 is 9.59 Å². The lowest BCUT2D eigenvalue weighted by Gasteiger charge is -2.38. The Morgan fingerprint density at radius 2 is 1.82 bits per heavy atom. The van der Waals surface area contributed by atoms with Gasteiger partial charge in [-0.15, -0.1) is 0 Å². The van der Waals surface area contributed by atoms with E-state index in [0.29, 0.717) is 6.42 Å². The highest BCUT2D eigenvalue weighted by Gasteiger charge is 2.72. The van der Waals surface area contributed by atoms with Crippen LogP contribution in [0.2, 0.25) is 0 Å². The number of anilines is 1. The molecule has 0 heterocycles. The van der Waals surface area contributed by atoms with E-state index in [2.05, 4.69) is 19.2 Å². The molecule has 0 spiro atoms. The molecule has 0 unspecified atom stereocenters. The highest BCUT2D eigenvalue weighted by Crippen LogP contribution is 2.70. The fourth-order valence-electron chi connectivity index (χ4n) is 4.47. The first-order chi connectivity index (χ1) is 10.1. The number of Topliss-reactive ketones (excluding diaryl/α,β-unsaturated/α-hetero) is 1. The van der Waals surface area contributed by atoms with Gasteiger partial charge in [0.15, 0.2) is 0 Å². The monoisotopic (exact) mass is 299 g/mol. The van der Waals surface area contributed by atoms with Crippen LogP contribution in [0, 0.1) is 30.1 Å². The van der Waals surface area contributed by atoms with E-state index < -0.39 is 5.41 Å². The van der Waals surface area contributed by atoms with Gasteiger partial charge in [-0.3, -0.25) is 9.59 Å². The van der Waals surface area contributed by atoms with Crippen LogP contribution in [-0.4, -0.2) is 11.7 Å². The van der Waals surface area contributed by atoms with Crippen LogP contribution in [0.5, 0.6) is 0 Å². The number of hydrogen-bond acceptors (Lipinski definition) is 2. The van der Waals surface area contributed by atoms with Crippen molar-refractivity contribution in [3.63, 3.8) is 0 Å². The minimum absolute atomic E-state index is 0.0146. The largest absolute Gasteiger partial charge is 0.325 e. The van der Waals surface area contributed by atoms with Crippen LogP contribution < -0.4 is 5.32 Å². The first-order valence-corrected chi connectivity index (χ1v) is 8.06. The molecule has 3 nitrogen and oxygen atoms in total. The van der Waals surface area contributed by atoms with Crippen LogP contribution in [0.4, 0.5) is 5.69 Å². The lowest BCUT2D eigenvalue weighted by Crippen LogP contribution is -2.43. The molecule has 2 aliphatic carbocycles. The van der Waals surface area contributed by atoms with Gasteiger partial charge >= 0.3 is 0 Å². The number of carbonyl (C=O) groups is 2. The summed E-state index contributed by atoms with van der Waals surface area (Å²) in [7, 11) is 0. The van der Waals surface area contributed by atoms with Crippen LogP contribution >= 0.6 is 0 Å². The molecule has 1 aromatic carbocycles. The Bertz CT molecular complexity index is 676. The zero-order valence-electron chi connectivity index (χ0n) is 14.2. The Morgan fingerprint density at radius 3 is 2.36 bits per heavy atom. The first-order valence-electron chi connectivity index (χ1n) is 8.06. The van der Waals surface area contributed by atoms with Crippen molar-refractivity contribution in [1.29, 1.82) is 0 Å². The fourth-order valence-corrected chi connectivity index (χ4v) is 4.47. The maximum Gasteiger partial charge on any atom is 0.231 e. The lowest BCUT2D eigenvalue weighted by molar-refractivity contribution is -0.131. The second-order valence-electron chi connectivity index (χ2n) is 7.91. The predicted molar refractivity (Wildman–Crippen MR) is 87.7 cm³/mol. The molecule has 3 heteroatoms. The maximum absolute atomic E-state index is 13.1. The summed E-state index contributed by atoms with van der Waals surface area (Å²) in [5.41, 5.74) is 1.83. The molecule has 2 atom stereocenters. The van der Waals surface area contributed by atoms with Gasteiger partial charge in [-0.25, -0.2) is 0 Å². The Balaban J connectivity index is 1.96. The summed E-state index contributed by atoms with van der Waals surface area (Å²) in [6.45, 7) is 10.2. The van der Waals surface area contributed by atoms with E-state index in [9.17, 15) is 9.59 Å². The summed E-state index contributed by atoms with van der Waals surface area (Å²) in [5, 5.41) is 3.11. The highest BCUT2D eigenvalue weighted by atomic mass is 16.2. The molecule has 0 aromatic heterocycles. The van der Waals surface area contributed by atoms with Crippen LogP contribution in [-0.2, 0) is 9.59 Å². The summed E-state index contributed by atoms with van der Waals surface area (Å²) in [6.07, 6.45) is 2.01. The summed E-state index contributed by atoms with van der Waals surface area (Å²) < 4.78 is 0. The molecule has 1 amide bonds. The lowest BCUT2D eigenvalue weighted by atomic mass is 9.64. The molecule has 0 saturated heterocycles. The smallest absolute Gasteiger partial charge is 0.231 e. The van der Waals surface area contributed by atoms with Gasteiger partial charge in [-0.2, -0.15) is 0 Å². The van der Waals surface area contributed by atoms with Crippen molar-refractivity contribution in [1.82, 2.24) is 0 Å². The highest BCUT2D eigenvalue weighted by molar-refractivity contribution is 6.04. The van der Waals surface area contributed by atoms with E-state index in [1.807, 2.05) is 39.0 Å². The van der Waals surface area contributed by atoms with Crippen LogP contribution in [0.1, 0.15) is 51.2 Å². The molecule has 3 rings (SSSR count). The van der Waals surface area contributed by atoms with Gasteiger partial charge in [0.05, 0.1) is 5.41 Å². The third-order valence-corrected chi connectivity index (χ3v) is 6.78. The summed E-state index contributed by atoms with van der Waals surface area (Å²) in [6, 6.07) is 6.06. The molecule has 2 bridgehead atoms. The topological polar surface area (TPSA) is 46.2 Å². The standard InChI is InChI=1S/C19H25NO2/c1-12-6-7-13(2)14(10-12)20-16(22)19-9-8-18(5,15(21)11-19)17(19,3)4/h6-7,10H,8-9,11H2,1-5H3,(H,20,22)/t18-,19+/m1/s1. The number of rotatable bonds is 2. The van der Waals surface area contributed by atoms with Gasteiger partial charge in [0, 0.05) is 17.5 Å². The van der Waals surface area contributed by atoms with E-state index in [0.717, 1.165) is 29.7 Å². The Labute approximate surface area is 132 Å². The number of aryl methyl sites for hydroxylation is 2. The van der Waals surface area contributed by atoms with Crippen LogP contribution in [0.15, 0.2) is 18.2 Å². The zero-order valence-corrected chi connectivity index (χ0v) is 14.2. The van der Waals surface area contributed by atoms with Crippen LogP contribution in [0.3, 0.4) is 0 Å². The number of benzene rings is 1. The minimum atomic E-state index is -0.560. The summed E-state index contributed by atoms with van der Waals surface area (Å²) in [5.74, 6) is 0.264. The molecule has 118 valence electrons. The van der Waals surface area contributed by atoms with E-state index in [-0.39, 0.29) is 22.5 Å². The van der Waals surface area contributed by atoms with Crippen molar-refractivity contribution in [3.05, 3.63) is 29.3 Å². The minimum Gasteiger partial charge on any atom is -0.325 e. The number of fused-ring (bicyclic) bond motifs is 2. The average Bonchev–Trinajstić information content (AvgIpc) is 2.73. The van der Waals surface area contributed by atoms with Crippen molar-refractivity contribution >= 4 is 17.4 Å². The van der Waals surface area contributed by atoms with Crippen molar-refractivity contribution in [2.24, 2.45) is 16.2 Å². The van der Waals surface area contributed by atoms with E-state index in [1.165, 1.54) is 0 Å². The van der Waals surface area contributed by atoms with Gasteiger partial charge in [-0.05, 0) is 49.3 Å². The molecular weight excluding hydrogens is 274 g/mol. The van der Waals surface area contributed by atoms with Gasteiger partial charge < -0.3 is 5.32 Å². The Hall–Kier alpha value is -1.64. The predicted octanol–water partition coefficient (Wildman–Crippen LogP) is 4.03. The molecular formula is C19H25NO2. The zero-order chi connectivity index (χ0) is 16.3. The molecule has 1 N–H and O–H groups in total. The molecule has 0 radical (unpaired) electrons. The quantitative estimate of drug-likeness (QED) is 0.896. The van der Waals surface area contributed by atoms with E-state index >= 15 is 0 Å². The van der Waals surface area contributed by atoms with Crippen LogP contribution in [0.25, 0.3) is 0 Å². The summed E-state index contributed by atoms with van der Waals surface area (Å²) in [4.78, 5) is 25.6. The van der Waals surface area contributed by atoms with Gasteiger partial charge in [0.1, 0.15) is 5.78 Å². The summed E-state index contributed by atoms with van der Waals surface area (Å²) >= 11 is 0. The van der Waals surface area contributed by atoms with E-state index in [1.54, 1.807) is 0 Å². The van der Waals surface area contributed by atoms with Gasteiger partial charge in [-0.1, -0.05) is 32.9 Å². The van der Waals surface area contributed by atoms with Gasteiger partial charge in [0.25, 0.3) is 0 Å². The fraction of sp³-hybridized carbons (Fsp3) is 0.579. The third-order valence-electron chi connectivity index (χ3n) is 6.78. The Morgan fingerprint density at radius 1 is 1.14 bits per heavy atom. The SMILES string of the molecule is Cc1ccc(C)c(NC(=O)[C@]23CC[C@](C)(C(=O)C2)C3(C)C)c1. The second kappa shape index (κ2) is 4.43. The van der Waals surface area contributed by atoms with Gasteiger partial charge in [0.2, 0.25) is 5.91 Å². The molecule has 2 aliphatic rings. The normalized spacial score (nSPS) is 32.3. The number of nitrogens with one attached hydrogen (secondary N) is 1. The number of hydrogen-bond donors (Lipinski definition) is 1. The number of amides is 1.